The number of nitrogens with one attached hydrogen (secondary N) is 1. The topological polar surface area (TPSA) is 60.2 Å². The molecular formula is C12H21N3O. The fourth-order valence-electron chi connectivity index (χ4n) is 1.57. The number of anilines is 2. The molecule has 4 nitrogen and oxygen atoms in total. The number of nitrogens with two attached hydrogens (primary N) is 1. The smallest absolute Gasteiger partial charge is 0.128 e. The number of ether oxygens (including phenoxy) is 1. The first kappa shape index (κ1) is 12.8. The summed E-state index contributed by atoms with van der Waals surface area (Å²) in [6.45, 7) is 4.79. The quantitative estimate of drug-likeness (QED) is 0.776. The van der Waals surface area contributed by atoms with Crippen LogP contribution in [0.5, 0.6) is 0 Å². The number of aryl methyl sites for hydroxylation is 1. The minimum atomic E-state index is 0.296. The van der Waals surface area contributed by atoms with Crippen LogP contribution >= 0.6 is 0 Å². The number of nitrogen functional groups attached to an aromatic ring is 1. The Kier molecular flexibility index (Phi) is 5.05. The van der Waals surface area contributed by atoms with Crippen molar-refractivity contribution in [1.29, 1.82) is 0 Å². The molecule has 0 spiro atoms. The Bertz CT molecular complexity index is 322. The van der Waals surface area contributed by atoms with Crippen molar-refractivity contribution in [3.63, 3.8) is 0 Å². The van der Waals surface area contributed by atoms with Gasteiger partial charge in [0, 0.05) is 25.1 Å². The maximum absolute atomic E-state index is 5.83. The van der Waals surface area contributed by atoms with E-state index < -0.39 is 0 Å². The maximum Gasteiger partial charge on any atom is 0.128 e. The van der Waals surface area contributed by atoms with Crippen molar-refractivity contribution >= 4 is 11.5 Å². The van der Waals surface area contributed by atoms with Gasteiger partial charge < -0.3 is 15.8 Å². The van der Waals surface area contributed by atoms with Crippen LogP contribution in [0, 0.1) is 6.92 Å². The number of hydrogen-bond acceptors (Lipinski definition) is 4. The summed E-state index contributed by atoms with van der Waals surface area (Å²) in [6.07, 6.45) is 3.96. The van der Waals surface area contributed by atoms with Gasteiger partial charge in [-0.3, -0.25) is 0 Å². The molecule has 1 heterocycles. The number of aromatic nitrogens is 1. The summed E-state index contributed by atoms with van der Waals surface area (Å²) in [5, 5.41) is 3.33. The highest BCUT2D eigenvalue weighted by Crippen LogP contribution is 2.15. The number of hydrogen-bond donors (Lipinski definition) is 2. The lowest BCUT2D eigenvalue weighted by Crippen LogP contribution is -2.25. The van der Waals surface area contributed by atoms with E-state index in [0.717, 1.165) is 29.9 Å². The van der Waals surface area contributed by atoms with Crippen LogP contribution in [-0.2, 0) is 4.74 Å². The monoisotopic (exact) mass is 223 g/mol. The molecule has 3 N–H and O–H groups in total. The van der Waals surface area contributed by atoms with E-state index in [9.17, 15) is 0 Å². The van der Waals surface area contributed by atoms with Crippen LogP contribution in [-0.4, -0.2) is 24.7 Å². The van der Waals surface area contributed by atoms with Crippen molar-refractivity contribution in [2.24, 2.45) is 0 Å². The number of methoxy groups -OCH3 is 1. The summed E-state index contributed by atoms with van der Waals surface area (Å²) in [6, 6.07) is 2.16. The Balaban J connectivity index is 2.65. The van der Waals surface area contributed by atoms with Crippen LogP contribution in [0.1, 0.15) is 25.3 Å². The molecule has 1 atom stereocenters. The molecule has 0 aliphatic carbocycles. The van der Waals surface area contributed by atoms with Gasteiger partial charge in [0.15, 0.2) is 0 Å². The minimum Gasteiger partial charge on any atom is -0.398 e. The predicted octanol–water partition coefficient (Wildman–Crippen LogP) is 2.20. The molecule has 0 fully saturated rings. The van der Waals surface area contributed by atoms with Crippen molar-refractivity contribution in [1.82, 2.24) is 4.98 Å². The van der Waals surface area contributed by atoms with Crippen molar-refractivity contribution < 1.29 is 4.74 Å². The molecule has 0 amide bonds. The van der Waals surface area contributed by atoms with E-state index in [1.54, 1.807) is 13.3 Å². The second-order valence-corrected chi connectivity index (χ2v) is 4.01. The highest BCUT2D eigenvalue weighted by molar-refractivity contribution is 5.53. The van der Waals surface area contributed by atoms with Crippen LogP contribution in [0.15, 0.2) is 12.3 Å². The molecular weight excluding hydrogens is 202 g/mol. The van der Waals surface area contributed by atoms with Gasteiger partial charge in [0.1, 0.15) is 5.82 Å². The van der Waals surface area contributed by atoms with Crippen molar-refractivity contribution in [3.8, 4) is 0 Å². The molecule has 0 saturated carbocycles. The number of rotatable bonds is 6. The lowest BCUT2D eigenvalue weighted by atomic mass is 10.2. The molecule has 4 heteroatoms. The third-order valence-electron chi connectivity index (χ3n) is 2.50. The third-order valence-corrected chi connectivity index (χ3v) is 2.50. The highest BCUT2D eigenvalue weighted by atomic mass is 16.5. The number of nitrogens with zero attached hydrogens (tertiary/aromatic N) is 1. The van der Waals surface area contributed by atoms with Crippen LogP contribution in [0.2, 0.25) is 0 Å². The molecule has 0 saturated heterocycles. The van der Waals surface area contributed by atoms with Gasteiger partial charge in [-0.25, -0.2) is 4.98 Å². The molecule has 1 aromatic rings. The van der Waals surface area contributed by atoms with Gasteiger partial charge in [-0.15, -0.1) is 0 Å². The normalized spacial score (nSPS) is 12.4. The molecule has 0 bridgehead atoms. The predicted molar refractivity (Wildman–Crippen MR) is 67.6 cm³/mol. The van der Waals surface area contributed by atoms with Gasteiger partial charge in [-0.2, -0.15) is 0 Å². The average Bonchev–Trinajstić information content (AvgIpc) is 2.24. The van der Waals surface area contributed by atoms with E-state index in [2.05, 4.69) is 17.2 Å². The fraction of sp³-hybridized carbons (Fsp3) is 0.583. The van der Waals surface area contributed by atoms with E-state index in [4.69, 9.17) is 10.5 Å². The Hall–Kier alpha value is -1.29. The van der Waals surface area contributed by atoms with Crippen LogP contribution in [0.25, 0.3) is 0 Å². The lowest BCUT2D eigenvalue weighted by molar-refractivity contribution is 0.182. The largest absolute Gasteiger partial charge is 0.398 e. The molecule has 1 aromatic heterocycles. The first-order valence-corrected chi connectivity index (χ1v) is 5.65. The van der Waals surface area contributed by atoms with E-state index >= 15 is 0 Å². The molecule has 0 aromatic carbocycles. The van der Waals surface area contributed by atoms with Crippen molar-refractivity contribution in [3.05, 3.63) is 17.8 Å². The summed E-state index contributed by atoms with van der Waals surface area (Å²) < 4.78 is 5.16. The van der Waals surface area contributed by atoms with Gasteiger partial charge in [-0.1, -0.05) is 13.3 Å². The van der Waals surface area contributed by atoms with E-state index in [1.165, 1.54) is 0 Å². The van der Waals surface area contributed by atoms with Gasteiger partial charge in [0.05, 0.1) is 12.6 Å². The average molecular weight is 223 g/mol. The Morgan fingerprint density at radius 3 is 2.88 bits per heavy atom. The fourth-order valence-corrected chi connectivity index (χ4v) is 1.57. The van der Waals surface area contributed by atoms with Gasteiger partial charge >= 0.3 is 0 Å². The Morgan fingerprint density at radius 2 is 2.31 bits per heavy atom. The molecule has 1 unspecified atom stereocenters. The minimum absolute atomic E-state index is 0.296. The van der Waals surface area contributed by atoms with Crippen molar-refractivity contribution in [2.75, 3.05) is 24.8 Å². The zero-order valence-corrected chi connectivity index (χ0v) is 10.3. The van der Waals surface area contributed by atoms with E-state index in [0.29, 0.717) is 12.6 Å². The Morgan fingerprint density at radius 1 is 1.56 bits per heavy atom. The summed E-state index contributed by atoms with van der Waals surface area (Å²) in [4.78, 5) is 4.30. The van der Waals surface area contributed by atoms with E-state index in [-0.39, 0.29) is 0 Å². The SMILES string of the molecule is CCCC(COC)Nc1cc(N)c(C)cn1. The molecule has 0 aliphatic rings. The van der Waals surface area contributed by atoms with Gasteiger partial charge in [0.2, 0.25) is 0 Å². The first-order chi connectivity index (χ1) is 7.67. The second-order valence-electron chi connectivity index (χ2n) is 4.01. The molecule has 16 heavy (non-hydrogen) atoms. The molecule has 90 valence electrons. The summed E-state index contributed by atoms with van der Waals surface area (Å²) >= 11 is 0. The standard InChI is InChI=1S/C12H21N3O/c1-4-5-10(8-16-3)15-12-6-11(13)9(2)7-14-12/h6-7,10H,4-5,8H2,1-3H3,(H3,13,14,15). The van der Waals surface area contributed by atoms with Crippen LogP contribution < -0.4 is 11.1 Å². The Labute approximate surface area is 97.2 Å². The first-order valence-electron chi connectivity index (χ1n) is 5.65. The van der Waals surface area contributed by atoms with Crippen LogP contribution in [0.3, 0.4) is 0 Å². The molecule has 0 aliphatic heterocycles. The second kappa shape index (κ2) is 6.33. The summed E-state index contributed by atoms with van der Waals surface area (Å²) in [7, 11) is 1.71. The highest BCUT2D eigenvalue weighted by Gasteiger charge is 2.08. The van der Waals surface area contributed by atoms with Gasteiger partial charge in [-0.05, 0) is 18.9 Å². The number of pyridine rings is 1. The van der Waals surface area contributed by atoms with E-state index in [1.807, 2.05) is 13.0 Å². The summed E-state index contributed by atoms with van der Waals surface area (Å²) in [5.41, 5.74) is 7.61. The zero-order valence-electron chi connectivity index (χ0n) is 10.3. The van der Waals surface area contributed by atoms with Crippen LogP contribution in [0.4, 0.5) is 11.5 Å². The third kappa shape index (κ3) is 3.70. The van der Waals surface area contributed by atoms with Gasteiger partial charge in [0.25, 0.3) is 0 Å². The summed E-state index contributed by atoms with van der Waals surface area (Å²) in [5.74, 6) is 0.818. The molecule has 1 rings (SSSR count). The maximum atomic E-state index is 5.83. The van der Waals surface area contributed by atoms with Crippen molar-refractivity contribution in [2.45, 2.75) is 32.7 Å². The molecule has 0 radical (unpaired) electrons. The zero-order chi connectivity index (χ0) is 12.0. The lowest BCUT2D eigenvalue weighted by Gasteiger charge is -2.18.